The van der Waals surface area contributed by atoms with Crippen molar-refractivity contribution in [2.75, 3.05) is 19.7 Å². The molecule has 43 heavy (non-hydrogen) atoms. The van der Waals surface area contributed by atoms with Gasteiger partial charge in [0.05, 0.1) is 11.6 Å². The summed E-state index contributed by atoms with van der Waals surface area (Å²) in [7, 11) is -2.19. The van der Waals surface area contributed by atoms with Crippen LogP contribution in [-0.4, -0.2) is 89.4 Å². The number of piperidine rings is 1. The van der Waals surface area contributed by atoms with Gasteiger partial charge in [-0.2, -0.15) is 0 Å². The van der Waals surface area contributed by atoms with Gasteiger partial charge in [-0.15, -0.1) is 6.42 Å². The number of unbranched alkanes of at least 4 members (excludes halogenated alkanes) is 1. The molecule has 1 saturated carbocycles. The minimum atomic E-state index is -2.19. The lowest BCUT2D eigenvalue weighted by Crippen LogP contribution is -2.77. The third-order valence-electron chi connectivity index (χ3n) is 9.94. The predicted octanol–water partition coefficient (Wildman–Crippen LogP) is 5.88. The van der Waals surface area contributed by atoms with Crippen LogP contribution in [0.1, 0.15) is 73.6 Å². The predicted molar refractivity (Wildman–Crippen MR) is 181 cm³/mol. The first-order valence-corrected chi connectivity index (χ1v) is 19.8. The molecular weight excluding hydrogens is 675 g/mol. The molecule has 2 heterocycles. The van der Waals surface area contributed by atoms with Gasteiger partial charge in [-0.3, -0.25) is 4.79 Å². The highest BCUT2D eigenvalue weighted by atomic mass is 127. The Labute approximate surface area is 273 Å². The van der Waals surface area contributed by atoms with E-state index in [1.54, 1.807) is 9.80 Å². The summed E-state index contributed by atoms with van der Waals surface area (Å²) in [6, 6.07) is -0.629. The molecule has 1 aliphatic carbocycles. The zero-order chi connectivity index (χ0) is 32.4. The van der Waals surface area contributed by atoms with Crippen molar-refractivity contribution < 1.29 is 29.0 Å². The number of likely N-dealkylation sites (tertiary alicyclic amines) is 2. The summed E-state index contributed by atoms with van der Waals surface area (Å²) in [4.78, 5) is 31.6. The number of amides is 2. The summed E-state index contributed by atoms with van der Waals surface area (Å²) in [6.07, 6.45) is 11.9. The minimum absolute atomic E-state index is 0.0284. The number of aliphatic hydroxyl groups excluding tert-OH is 2. The Morgan fingerprint density at radius 3 is 2.47 bits per heavy atom. The molecule has 10 heteroatoms. The zero-order valence-electron chi connectivity index (χ0n) is 27.3. The SMILES string of the molecule is C#C[C@H](O)[C@@H](O)[C@@]12[C@@H]3CCN(C(=O)OC(C)(C)C)[C@@H]1[C@H](CO[Si](C)(C)C(C)(C)C)CC3C(=O)N2CCC/C=C\C/C=C\I. The molecule has 3 aliphatic rings. The molecule has 2 saturated heterocycles. The van der Waals surface area contributed by atoms with Crippen molar-refractivity contribution >= 4 is 42.9 Å². The number of nitrogens with zero attached hydrogens (tertiary/aromatic N) is 2. The summed E-state index contributed by atoms with van der Waals surface area (Å²) in [6.45, 7) is 17.5. The van der Waals surface area contributed by atoms with Gasteiger partial charge in [-0.05, 0) is 75.1 Å². The highest BCUT2D eigenvalue weighted by Gasteiger charge is 2.73. The number of aliphatic hydroxyl groups is 2. The Kier molecular flexibility index (Phi) is 11.7. The molecular formula is C33H53IN2O6Si. The molecule has 2 N–H and O–H groups in total. The maximum absolute atomic E-state index is 14.3. The first-order valence-electron chi connectivity index (χ1n) is 15.6. The van der Waals surface area contributed by atoms with E-state index in [9.17, 15) is 19.8 Å². The summed E-state index contributed by atoms with van der Waals surface area (Å²) < 4.78 is 14.6. The second-order valence-corrected chi connectivity index (χ2v) is 20.4. The number of terminal acetylenes is 1. The van der Waals surface area contributed by atoms with Crippen LogP contribution in [0.5, 0.6) is 0 Å². The smallest absolute Gasteiger partial charge is 0.410 e. The van der Waals surface area contributed by atoms with Crippen molar-refractivity contribution in [2.45, 2.75) is 121 Å². The van der Waals surface area contributed by atoms with Crippen molar-refractivity contribution in [3.8, 4) is 12.3 Å². The molecule has 3 rings (SSSR count). The first-order chi connectivity index (χ1) is 19.9. The van der Waals surface area contributed by atoms with Gasteiger partial charge in [0.15, 0.2) is 8.32 Å². The average Bonchev–Trinajstić information content (AvgIpc) is 3.07. The molecule has 0 aromatic carbocycles. The van der Waals surface area contributed by atoms with E-state index < -0.39 is 43.8 Å². The fraction of sp³-hybridized carbons (Fsp3) is 0.758. The zero-order valence-corrected chi connectivity index (χ0v) is 30.5. The molecule has 0 aromatic rings. The number of carbonyl (C=O) groups excluding carboxylic acids is 2. The molecule has 3 fully saturated rings. The first kappa shape index (κ1) is 36.1. The standard InChI is InChI=1S/C33H53IN2O6Si/c1-10-26(37)28(38)33-25-17-20-35(30(40)42-31(2,3)4)27(33)23(22-41-43(8,9)32(5,6)7)21-24(25)29(39)36(33)19-16-14-12-11-13-15-18-34/h1,11-12,15,18,23-28,37-38H,13-14,16-17,19-22H2,2-9H3/b12-11-,18-15-/t23-,24?,25+,26-,27+,28+,33+/m0/s1. The van der Waals surface area contributed by atoms with E-state index in [4.69, 9.17) is 15.6 Å². The Bertz CT molecular complexity index is 1110. The number of hydrogen-bond donors (Lipinski definition) is 2. The van der Waals surface area contributed by atoms with Crippen molar-refractivity contribution in [1.29, 1.82) is 0 Å². The van der Waals surface area contributed by atoms with Gasteiger partial charge in [0.1, 0.15) is 17.8 Å². The summed E-state index contributed by atoms with van der Waals surface area (Å²) >= 11 is 2.19. The summed E-state index contributed by atoms with van der Waals surface area (Å²) in [5.41, 5.74) is -1.98. The third kappa shape index (κ3) is 7.37. The lowest BCUT2D eigenvalue weighted by Gasteiger charge is -2.61. The van der Waals surface area contributed by atoms with Gasteiger partial charge < -0.3 is 29.2 Å². The number of rotatable bonds is 11. The van der Waals surface area contributed by atoms with Crippen LogP contribution in [0.3, 0.4) is 0 Å². The molecule has 1 unspecified atom stereocenters. The van der Waals surface area contributed by atoms with Gasteiger partial charge in [0.25, 0.3) is 0 Å². The third-order valence-corrected chi connectivity index (χ3v) is 14.9. The number of allylic oxidation sites excluding steroid dienone is 3. The molecule has 2 amide bonds. The minimum Gasteiger partial charge on any atom is -0.444 e. The Morgan fingerprint density at radius 1 is 1.21 bits per heavy atom. The van der Waals surface area contributed by atoms with Gasteiger partial charge in [-0.1, -0.05) is 67.5 Å². The van der Waals surface area contributed by atoms with Crippen molar-refractivity contribution in [1.82, 2.24) is 9.80 Å². The van der Waals surface area contributed by atoms with E-state index in [0.717, 1.165) is 12.8 Å². The largest absolute Gasteiger partial charge is 0.444 e. The summed E-state index contributed by atoms with van der Waals surface area (Å²) in [5.74, 6) is 1.45. The molecule has 0 spiro atoms. The lowest BCUT2D eigenvalue weighted by atomic mass is 9.57. The quantitative estimate of drug-likeness (QED) is 0.0907. The second-order valence-electron chi connectivity index (χ2n) is 14.8. The maximum Gasteiger partial charge on any atom is 0.410 e. The molecule has 2 aliphatic heterocycles. The van der Waals surface area contributed by atoms with Crippen LogP contribution in [0.15, 0.2) is 22.3 Å². The molecule has 0 radical (unpaired) electrons. The Balaban J connectivity index is 2.10. The van der Waals surface area contributed by atoms with Crippen molar-refractivity contribution in [3.05, 3.63) is 22.3 Å². The topological polar surface area (TPSA) is 99.5 Å². The van der Waals surface area contributed by atoms with Gasteiger partial charge >= 0.3 is 6.09 Å². The fourth-order valence-corrected chi connectivity index (χ4v) is 8.40. The number of ether oxygens (including phenoxy) is 1. The summed E-state index contributed by atoms with van der Waals surface area (Å²) in [5, 5.41) is 23.0. The fourth-order valence-electron chi connectivity index (χ4n) is 7.05. The Morgan fingerprint density at radius 2 is 1.88 bits per heavy atom. The number of hydrogen-bond acceptors (Lipinski definition) is 6. The van der Waals surface area contributed by atoms with E-state index in [0.29, 0.717) is 39.0 Å². The van der Waals surface area contributed by atoms with Gasteiger partial charge in [-0.25, -0.2) is 4.79 Å². The van der Waals surface area contributed by atoms with Crippen molar-refractivity contribution in [2.24, 2.45) is 17.8 Å². The van der Waals surface area contributed by atoms with Gasteiger partial charge in [0.2, 0.25) is 5.91 Å². The molecule has 242 valence electrons. The number of carbonyl (C=O) groups is 2. The molecule has 7 atom stereocenters. The van der Waals surface area contributed by atoms with E-state index in [1.807, 2.05) is 24.9 Å². The van der Waals surface area contributed by atoms with Crippen LogP contribution in [0.25, 0.3) is 0 Å². The van der Waals surface area contributed by atoms with E-state index in [2.05, 4.69) is 80.6 Å². The van der Waals surface area contributed by atoms with Crippen LogP contribution in [-0.2, 0) is 14.0 Å². The highest BCUT2D eigenvalue weighted by Crippen LogP contribution is 2.59. The Hall–Kier alpha value is -1.39. The van der Waals surface area contributed by atoms with E-state index >= 15 is 0 Å². The number of halogens is 1. The van der Waals surface area contributed by atoms with E-state index in [-0.39, 0.29) is 28.7 Å². The van der Waals surface area contributed by atoms with Crippen molar-refractivity contribution in [3.63, 3.8) is 0 Å². The molecule has 0 aromatic heterocycles. The van der Waals surface area contributed by atoms with Crippen LogP contribution in [0.2, 0.25) is 18.1 Å². The van der Waals surface area contributed by atoms with Crippen LogP contribution in [0.4, 0.5) is 4.79 Å². The van der Waals surface area contributed by atoms with Crippen LogP contribution < -0.4 is 0 Å². The second kappa shape index (κ2) is 13.9. The molecule has 8 nitrogen and oxygen atoms in total. The van der Waals surface area contributed by atoms with E-state index in [1.165, 1.54) is 0 Å². The maximum atomic E-state index is 14.3. The normalized spacial score (nSPS) is 29.3. The monoisotopic (exact) mass is 728 g/mol. The highest BCUT2D eigenvalue weighted by molar-refractivity contribution is 14.1. The average molecular weight is 729 g/mol. The lowest BCUT2D eigenvalue weighted by molar-refractivity contribution is -0.169. The van der Waals surface area contributed by atoms with Gasteiger partial charge in [0, 0.05) is 37.5 Å². The van der Waals surface area contributed by atoms with Crippen LogP contribution >= 0.6 is 22.6 Å². The molecule has 4 bridgehead atoms. The van der Waals surface area contributed by atoms with Crippen LogP contribution in [0, 0.1) is 30.1 Å².